The molecule has 21 heavy (non-hydrogen) atoms. The fourth-order valence-electron chi connectivity index (χ4n) is 2.42. The lowest BCUT2D eigenvalue weighted by molar-refractivity contribution is 0.0992. The summed E-state index contributed by atoms with van der Waals surface area (Å²) in [6, 6.07) is 8.12. The number of carbonyl (C=O) groups is 1. The van der Waals surface area contributed by atoms with Gasteiger partial charge in [0, 0.05) is 29.2 Å². The molecule has 0 unspecified atom stereocenters. The molecule has 0 aliphatic carbocycles. The summed E-state index contributed by atoms with van der Waals surface area (Å²) in [7, 11) is 0. The van der Waals surface area contributed by atoms with E-state index in [1.54, 1.807) is 18.2 Å². The molecule has 2 aromatic rings. The number of hydrogen-bond donors (Lipinski definition) is 1. The van der Waals surface area contributed by atoms with E-state index in [9.17, 15) is 9.18 Å². The van der Waals surface area contributed by atoms with Crippen LogP contribution in [0.2, 0.25) is 0 Å². The minimum Gasteiger partial charge on any atom is -0.318 e. The van der Waals surface area contributed by atoms with Crippen LogP contribution in [-0.2, 0) is 0 Å². The number of nitrogens with one attached hydrogen (secondary N) is 1. The normalized spacial score (nSPS) is 10.6. The summed E-state index contributed by atoms with van der Waals surface area (Å²) in [5.41, 5.74) is 3.36. The fraction of sp³-hybridized carbons (Fsp3) is 0.235. The summed E-state index contributed by atoms with van der Waals surface area (Å²) in [5.74, 6) is -0.232. The largest absolute Gasteiger partial charge is 0.318 e. The zero-order chi connectivity index (χ0) is 15.4. The average molecular weight is 286 g/mol. The van der Waals surface area contributed by atoms with Gasteiger partial charge in [-0.1, -0.05) is 6.08 Å². The Morgan fingerprint density at radius 2 is 2.00 bits per heavy atom. The Morgan fingerprint density at radius 3 is 2.62 bits per heavy atom. The predicted octanol–water partition coefficient (Wildman–Crippen LogP) is 3.19. The van der Waals surface area contributed by atoms with Crippen molar-refractivity contribution in [1.29, 1.82) is 0 Å². The van der Waals surface area contributed by atoms with Gasteiger partial charge in [0.1, 0.15) is 5.82 Å². The van der Waals surface area contributed by atoms with Gasteiger partial charge < -0.3 is 9.88 Å². The maximum atomic E-state index is 13.0. The van der Waals surface area contributed by atoms with E-state index in [2.05, 4.69) is 11.9 Å². The second kappa shape index (κ2) is 6.50. The lowest BCUT2D eigenvalue weighted by atomic mass is 10.1. The molecular formula is C17H19FN2O. The van der Waals surface area contributed by atoms with Crippen molar-refractivity contribution in [2.24, 2.45) is 0 Å². The van der Waals surface area contributed by atoms with E-state index in [1.807, 2.05) is 24.5 Å². The monoisotopic (exact) mass is 286 g/mol. The van der Waals surface area contributed by atoms with E-state index in [4.69, 9.17) is 0 Å². The molecule has 0 saturated carbocycles. The summed E-state index contributed by atoms with van der Waals surface area (Å²) in [6.45, 7) is 8.32. The minimum absolute atomic E-state index is 0.0401. The highest BCUT2D eigenvalue weighted by molar-refractivity contribution is 5.99. The van der Waals surface area contributed by atoms with Gasteiger partial charge in [0.05, 0.1) is 6.54 Å². The smallest absolute Gasteiger partial charge is 0.178 e. The summed E-state index contributed by atoms with van der Waals surface area (Å²) < 4.78 is 15.0. The van der Waals surface area contributed by atoms with Gasteiger partial charge in [-0.3, -0.25) is 4.79 Å². The number of halogens is 1. The molecule has 0 amide bonds. The van der Waals surface area contributed by atoms with Crippen LogP contribution in [0.4, 0.5) is 4.39 Å². The average Bonchev–Trinajstić information content (AvgIpc) is 2.76. The SMILES string of the molecule is C=CCNCC(=O)c1cc(C)n(-c2ccc(F)cc2)c1C. The van der Waals surface area contributed by atoms with E-state index in [1.165, 1.54) is 12.1 Å². The van der Waals surface area contributed by atoms with Crippen molar-refractivity contribution < 1.29 is 9.18 Å². The first-order valence-electron chi connectivity index (χ1n) is 6.84. The van der Waals surface area contributed by atoms with Crippen LogP contribution in [0.1, 0.15) is 21.7 Å². The molecule has 1 heterocycles. The van der Waals surface area contributed by atoms with Gasteiger partial charge in [-0.05, 0) is 44.2 Å². The van der Waals surface area contributed by atoms with Crippen molar-refractivity contribution in [3.8, 4) is 5.69 Å². The molecule has 0 aliphatic rings. The van der Waals surface area contributed by atoms with Crippen LogP contribution in [-0.4, -0.2) is 23.4 Å². The zero-order valence-electron chi connectivity index (χ0n) is 12.3. The van der Waals surface area contributed by atoms with Crippen LogP contribution in [0.25, 0.3) is 5.69 Å². The van der Waals surface area contributed by atoms with Crippen molar-refractivity contribution in [3.05, 3.63) is 65.8 Å². The zero-order valence-corrected chi connectivity index (χ0v) is 12.3. The summed E-state index contributed by atoms with van der Waals surface area (Å²) in [5, 5.41) is 3.01. The van der Waals surface area contributed by atoms with E-state index < -0.39 is 0 Å². The predicted molar refractivity (Wildman–Crippen MR) is 82.6 cm³/mol. The lowest BCUT2D eigenvalue weighted by Crippen LogP contribution is -2.23. The molecule has 110 valence electrons. The second-order valence-electron chi connectivity index (χ2n) is 4.94. The number of ketones is 1. The maximum Gasteiger partial charge on any atom is 0.178 e. The Hall–Kier alpha value is -2.20. The molecule has 0 atom stereocenters. The number of hydrogen-bond acceptors (Lipinski definition) is 2. The summed E-state index contributed by atoms with van der Waals surface area (Å²) in [4.78, 5) is 12.2. The number of benzene rings is 1. The van der Waals surface area contributed by atoms with Gasteiger partial charge in [-0.2, -0.15) is 0 Å². The van der Waals surface area contributed by atoms with Gasteiger partial charge >= 0.3 is 0 Å². The van der Waals surface area contributed by atoms with Crippen molar-refractivity contribution in [3.63, 3.8) is 0 Å². The van der Waals surface area contributed by atoms with Crippen LogP contribution < -0.4 is 5.32 Å². The number of rotatable bonds is 6. The Balaban J connectivity index is 2.31. The molecule has 3 nitrogen and oxygen atoms in total. The number of carbonyl (C=O) groups excluding carboxylic acids is 1. The summed E-state index contributed by atoms with van der Waals surface area (Å²) >= 11 is 0. The number of Topliss-reactive ketones (excluding diaryl/α,β-unsaturated/α-hetero) is 1. The highest BCUT2D eigenvalue weighted by Crippen LogP contribution is 2.21. The van der Waals surface area contributed by atoms with Crippen LogP contribution in [0.5, 0.6) is 0 Å². The van der Waals surface area contributed by atoms with Crippen LogP contribution in [0.3, 0.4) is 0 Å². The molecule has 4 heteroatoms. The number of aromatic nitrogens is 1. The number of nitrogens with zero attached hydrogens (tertiary/aromatic N) is 1. The molecular weight excluding hydrogens is 267 g/mol. The van der Waals surface area contributed by atoms with Crippen molar-refractivity contribution in [2.75, 3.05) is 13.1 Å². The van der Waals surface area contributed by atoms with Gasteiger partial charge in [0.25, 0.3) is 0 Å². The van der Waals surface area contributed by atoms with E-state index in [0.29, 0.717) is 12.1 Å². The molecule has 0 spiro atoms. The fourth-order valence-corrected chi connectivity index (χ4v) is 2.42. The Kier molecular flexibility index (Phi) is 4.70. The molecule has 2 rings (SSSR count). The van der Waals surface area contributed by atoms with Crippen LogP contribution in [0, 0.1) is 19.7 Å². The lowest BCUT2D eigenvalue weighted by Gasteiger charge is -2.10. The van der Waals surface area contributed by atoms with E-state index >= 15 is 0 Å². The highest BCUT2D eigenvalue weighted by Gasteiger charge is 2.16. The van der Waals surface area contributed by atoms with Gasteiger partial charge in [-0.15, -0.1) is 6.58 Å². The van der Waals surface area contributed by atoms with Crippen LogP contribution in [0.15, 0.2) is 43.0 Å². The van der Waals surface area contributed by atoms with Crippen molar-refractivity contribution in [1.82, 2.24) is 9.88 Å². The molecule has 0 aliphatic heterocycles. The van der Waals surface area contributed by atoms with Crippen molar-refractivity contribution >= 4 is 5.78 Å². The molecule has 1 N–H and O–H groups in total. The first kappa shape index (κ1) is 15.2. The van der Waals surface area contributed by atoms with Gasteiger partial charge in [-0.25, -0.2) is 4.39 Å². The molecule has 0 bridgehead atoms. The molecule has 1 aromatic heterocycles. The number of aryl methyl sites for hydroxylation is 1. The summed E-state index contributed by atoms with van der Waals surface area (Å²) in [6.07, 6.45) is 1.72. The maximum absolute atomic E-state index is 13.0. The Bertz CT molecular complexity index is 656. The molecule has 1 aromatic carbocycles. The second-order valence-corrected chi connectivity index (χ2v) is 4.94. The minimum atomic E-state index is -0.272. The third kappa shape index (κ3) is 3.28. The van der Waals surface area contributed by atoms with Crippen LogP contribution >= 0.6 is 0 Å². The van der Waals surface area contributed by atoms with E-state index in [-0.39, 0.29) is 18.1 Å². The molecule has 0 radical (unpaired) electrons. The first-order valence-corrected chi connectivity index (χ1v) is 6.84. The van der Waals surface area contributed by atoms with Gasteiger partial charge in [0.2, 0.25) is 0 Å². The first-order chi connectivity index (χ1) is 10.0. The molecule has 0 fully saturated rings. The van der Waals surface area contributed by atoms with Gasteiger partial charge in [0.15, 0.2) is 5.78 Å². The highest BCUT2D eigenvalue weighted by atomic mass is 19.1. The topological polar surface area (TPSA) is 34.0 Å². The Labute approximate surface area is 124 Å². The Morgan fingerprint density at radius 1 is 1.33 bits per heavy atom. The third-order valence-corrected chi connectivity index (χ3v) is 3.39. The standard InChI is InChI=1S/C17H19FN2O/c1-4-9-19-11-17(21)16-10-12(2)20(13(16)3)15-7-5-14(18)6-8-15/h4-8,10,19H,1,9,11H2,2-3H3. The quantitative estimate of drug-likeness (QED) is 0.503. The third-order valence-electron chi connectivity index (χ3n) is 3.39. The van der Waals surface area contributed by atoms with Crippen molar-refractivity contribution in [2.45, 2.75) is 13.8 Å². The molecule has 0 saturated heterocycles. The van der Waals surface area contributed by atoms with E-state index in [0.717, 1.165) is 17.1 Å².